The Labute approximate surface area is 162 Å². The normalized spacial score (nSPS) is 14.8. The highest BCUT2D eigenvalue weighted by atomic mass is 35.5. The van der Waals surface area contributed by atoms with Gasteiger partial charge in [-0.2, -0.15) is 0 Å². The standard InChI is InChI=1S/C20H28N4O.ClH/c1-3-25-19-8-6-17(7-9-19)15-21-16-18-5-4-10-22-20(18)24-13-11-23(2)12-14-24;/h4-10,21H,3,11-16H2,1-2H3;1H. The molecule has 0 aliphatic carbocycles. The van der Waals surface area contributed by atoms with Gasteiger partial charge in [0.25, 0.3) is 0 Å². The zero-order valence-corrected chi connectivity index (χ0v) is 16.5. The SMILES string of the molecule is CCOc1ccc(CNCc2cccnc2N2CCN(C)CC2)cc1.Cl. The van der Waals surface area contributed by atoms with Crippen LogP contribution in [-0.2, 0) is 13.1 Å². The second kappa shape index (κ2) is 10.4. The summed E-state index contributed by atoms with van der Waals surface area (Å²) in [5.41, 5.74) is 2.52. The fourth-order valence-corrected chi connectivity index (χ4v) is 3.08. The van der Waals surface area contributed by atoms with E-state index in [0.29, 0.717) is 6.61 Å². The molecule has 1 aliphatic heterocycles. The van der Waals surface area contributed by atoms with Crippen LogP contribution in [0.2, 0.25) is 0 Å². The topological polar surface area (TPSA) is 40.6 Å². The van der Waals surface area contributed by atoms with Gasteiger partial charge in [-0.25, -0.2) is 4.98 Å². The Kier molecular flexibility index (Phi) is 8.16. The molecule has 0 radical (unpaired) electrons. The summed E-state index contributed by atoms with van der Waals surface area (Å²) in [6.07, 6.45) is 1.89. The average Bonchev–Trinajstić information content (AvgIpc) is 2.65. The first-order chi connectivity index (χ1) is 12.3. The molecule has 0 atom stereocenters. The van der Waals surface area contributed by atoms with Crippen molar-refractivity contribution in [1.82, 2.24) is 15.2 Å². The van der Waals surface area contributed by atoms with Crippen LogP contribution >= 0.6 is 12.4 Å². The van der Waals surface area contributed by atoms with Crippen LogP contribution in [0.5, 0.6) is 5.75 Å². The minimum atomic E-state index is 0. The molecule has 2 heterocycles. The number of ether oxygens (including phenoxy) is 1. The van der Waals surface area contributed by atoms with Gasteiger partial charge >= 0.3 is 0 Å². The van der Waals surface area contributed by atoms with Crippen LogP contribution in [0.25, 0.3) is 0 Å². The fraction of sp³-hybridized carbons (Fsp3) is 0.450. The van der Waals surface area contributed by atoms with Crippen LogP contribution in [0.4, 0.5) is 5.82 Å². The zero-order chi connectivity index (χ0) is 17.5. The number of piperazine rings is 1. The summed E-state index contributed by atoms with van der Waals surface area (Å²) < 4.78 is 5.49. The molecule has 5 nitrogen and oxygen atoms in total. The number of pyridine rings is 1. The second-order valence-corrected chi connectivity index (χ2v) is 6.46. The van der Waals surface area contributed by atoms with Gasteiger partial charge in [0.15, 0.2) is 0 Å². The third-order valence-electron chi connectivity index (χ3n) is 4.55. The number of rotatable bonds is 7. The van der Waals surface area contributed by atoms with Gasteiger partial charge < -0.3 is 19.9 Å². The summed E-state index contributed by atoms with van der Waals surface area (Å²) in [6.45, 7) is 8.63. The van der Waals surface area contributed by atoms with Crippen molar-refractivity contribution >= 4 is 18.2 Å². The Morgan fingerprint density at radius 2 is 1.77 bits per heavy atom. The molecule has 2 aromatic rings. The number of likely N-dealkylation sites (N-methyl/N-ethyl adjacent to an activating group) is 1. The molecule has 1 N–H and O–H groups in total. The Morgan fingerprint density at radius 3 is 2.46 bits per heavy atom. The van der Waals surface area contributed by atoms with Gasteiger partial charge in [-0.3, -0.25) is 0 Å². The molecule has 26 heavy (non-hydrogen) atoms. The van der Waals surface area contributed by atoms with Crippen molar-refractivity contribution in [1.29, 1.82) is 0 Å². The minimum Gasteiger partial charge on any atom is -0.494 e. The van der Waals surface area contributed by atoms with E-state index in [1.54, 1.807) is 0 Å². The molecule has 0 amide bonds. The molecular formula is C20H29ClN4O. The van der Waals surface area contributed by atoms with E-state index in [4.69, 9.17) is 4.74 Å². The van der Waals surface area contributed by atoms with Gasteiger partial charge in [0.2, 0.25) is 0 Å². The summed E-state index contributed by atoms with van der Waals surface area (Å²) in [5.74, 6) is 2.05. The van der Waals surface area contributed by atoms with E-state index in [9.17, 15) is 0 Å². The number of hydrogen-bond acceptors (Lipinski definition) is 5. The molecule has 1 fully saturated rings. The lowest BCUT2D eigenvalue weighted by molar-refractivity contribution is 0.311. The Bertz CT molecular complexity index is 657. The lowest BCUT2D eigenvalue weighted by Gasteiger charge is -2.34. The first-order valence-corrected chi connectivity index (χ1v) is 9.06. The van der Waals surface area contributed by atoms with Crippen LogP contribution < -0.4 is 15.0 Å². The number of halogens is 1. The van der Waals surface area contributed by atoms with Crippen molar-refractivity contribution in [2.75, 3.05) is 44.7 Å². The lowest BCUT2D eigenvalue weighted by atomic mass is 10.2. The van der Waals surface area contributed by atoms with Gasteiger partial charge in [0.1, 0.15) is 11.6 Å². The average molecular weight is 377 g/mol. The van der Waals surface area contributed by atoms with Crippen molar-refractivity contribution in [3.8, 4) is 5.75 Å². The van der Waals surface area contributed by atoms with Crippen LogP contribution in [0.15, 0.2) is 42.6 Å². The van der Waals surface area contributed by atoms with Crippen molar-refractivity contribution < 1.29 is 4.74 Å². The van der Waals surface area contributed by atoms with E-state index in [1.165, 1.54) is 11.1 Å². The van der Waals surface area contributed by atoms with Gasteiger partial charge in [-0.15, -0.1) is 12.4 Å². The molecular weight excluding hydrogens is 348 g/mol. The maximum Gasteiger partial charge on any atom is 0.133 e. The third-order valence-corrected chi connectivity index (χ3v) is 4.55. The number of hydrogen-bond donors (Lipinski definition) is 1. The molecule has 0 unspecified atom stereocenters. The number of benzene rings is 1. The predicted octanol–water partition coefficient (Wildman–Crippen LogP) is 2.94. The maximum absolute atomic E-state index is 5.49. The molecule has 0 saturated carbocycles. The number of nitrogens with zero attached hydrogens (tertiary/aromatic N) is 3. The fourth-order valence-electron chi connectivity index (χ4n) is 3.08. The highest BCUT2D eigenvalue weighted by Gasteiger charge is 2.17. The van der Waals surface area contributed by atoms with E-state index >= 15 is 0 Å². The predicted molar refractivity (Wildman–Crippen MR) is 109 cm³/mol. The summed E-state index contributed by atoms with van der Waals surface area (Å²) in [5, 5.41) is 3.54. The van der Waals surface area contributed by atoms with E-state index in [1.807, 2.05) is 31.3 Å². The van der Waals surface area contributed by atoms with E-state index in [-0.39, 0.29) is 12.4 Å². The summed E-state index contributed by atoms with van der Waals surface area (Å²) in [4.78, 5) is 9.40. The first kappa shape index (κ1) is 20.5. The smallest absolute Gasteiger partial charge is 0.133 e. The van der Waals surface area contributed by atoms with Crippen LogP contribution in [0.1, 0.15) is 18.1 Å². The van der Waals surface area contributed by atoms with Crippen molar-refractivity contribution in [3.05, 3.63) is 53.7 Å². The van der Waals surface area contributed by atoms with E-state index in [2.05, 4.69) is 45.3 Å². The lowest BCUT2D eigenvalue weighted by Crippen LogP contribution is -2.45. The molecule has 6 heteroatoms. The monoisotopic (exact) mass is 376 g/mol. The Balaban J connectivity index is 0.00000243. The summed E-state index contributed by atoms with van der Waals surface area (Å²) in [6, 6.07) is 12.5. The van der Waals surface area contributed by atoms with Crippen LogP contribution in [0.3, 0.4) is 0 Å². The van der Waals surface area contributed by atoms with Crippen molar-refractivity contribution in [3.63, 3.8) is 0 Å². The van der Waals surface area contributed by atoms with Gasteiger partial charge in [-0.05, 0) is 37.7 Å². The molecule has 1 aromatic heterocycles. The van der Waals surface area contributed by atoms with E-state index < -0.39 is 0 Å². The number of aromatic nitrogens is 1. The molecule has 142 valence electrons. The molecule has 1 aliphatic rings. The Hall–Kier alpha value is -1.82. The van der Waals surface area contributed by atoms with E-state index in [0.717, 1.165) is 50.8 Å². The molecule has 1 aromatic carbocycles. The van der Waals surface area contributed by atoms with Crippen molar-refractivity contribution in [2.45, 2.75) is 20.0 Å². The molecule has 0 spiro atoms. The summed E-state index contributed by atoms with van der Waals surface area (Å²) in [7, 11) is 2.18. The number of anilines is 1. The largest absolute Gasteiger partial charge is 0.494 e. The van der Waals surface area contributed by atoms with Gasteiger partial charge in [0.05, 0.1) is 6.61 Å². The Morgan fingerprint density at radius 1 is 1.04 bits per heavy atom. The van der Waals surface area contributed by atoms with Gasteiger partial charge in [-0.1, -0.05) is 18.2 Å². The first-order valence-electron chi connectivity index (χ1n) is 9.06. The highest BCUT2D eigenvalue weighted by Crippen LogP contribution is 2.19. The summed E-state index contributed by atoms with van der Waals surface area (Å²) >= 11 is 0. The second-order valence-electron chi connectivity index (χ2n) is 6.46. The molecule has 3 rings (SSSR count). The third kappa shape index (κ3) is 5.59. The molecule has 0 bridgehead atoms. The van der Waals surface area contributed by atoms with Crippen molar-refractivity contribution in [2.24, 2.45) is 0 Å². The van der Waals surface area contributed by atoms with Gasteiger partial charge in [0, 0.05) is 51.0 Å². The zero-order valence-electron chi connectivity index (χ0n) is 15.6. The minimum absolute atomic E-state index is 0. The number of nitrogens with one attached hydrogen (secondary N) is 1. The molecule has 1 saturated heterocycles. The van der Waals surface area contributed by atoms with Crippen LogP contribution in [0, 0.1) is 0 Å². The van der Waals surface area contributed by atoms with Crippen LogP contribution in [-0.4, -0.2) is 49.7 Å². The quantitative estimate of drug-likeness (QED) is 0.804. The highest BCUT2D eigenvalue weighted by molar-refractivity contribution is 5.85. The maximum atomic E-state index is 5.49.